The first-order valence-corrected chi connectivity index (χ1v) is 4.40. The van der Waals surface area contributed by atoms with Crippen LogP contribution in [-0.4, -0.2) is 0 Å². The van der Waals surface area contributed by atoms with Crippen molar-refractivity contribution in [2.45, 2.75) is 0 Å². The highest BCUT2D eigenvalue weighted by Gasteiger charge is 3.04. The molecule has 0 bridgehead atoms. The zero-order valence-corrected chi connectivity index (χ0v) is 5.62. The molecule has 6 fully saturated rings. The van der Waals surface area contributed by atoms with Gasteiger partial charge in [0.05, 0.1) is 0 Å². The highest BCUT2D eigenvalue weighted by atomic mass is 15.1. The van der Waals surface area contributed by atoms with Gasteiger partial charge in [-0.25, -0.2) is 0 Å². The van der Waals surface area contributed by atoms with Crippen LogP contribution in [-0.2, 0) is 0 Å². The molecule has 0 aromatic rings. The standard InChI is InChI=1S/C10H8/c1-2-10-7-4-3-5(7)9(10)6(3)8(4)10/h1,3-9H. The van der Waals surface area contributed by atoms with Crippen molar-refractivity contribution in [3.63, 3.8) is 0 Å². The van der Waals surface area contributed by atoms with Crippen LogP contribution in [0.15, 0.2) is 0 Å². The van der Waals surface area contributed by atoms with Crippen LogP contribution in [0.4, 0.5) is 0 Å². The summed E-state index contributed by atoms with van der Waals surface area (Å²) in [6.07, 6.45) is 5.57. The Morgan fingerprint density at radius 3 is 1.70 bits per heavy atom. The average Bonchev–Trinajstić information content (AvgIpc) is 2.05. The number of terminal acetylenes is 1. The van der Waals surface area contributed by atoms with Crippen LogP contribution in [0.2, 0.25) is 0 Å². The Kier molecular flexibility index (Phi) is 0.245. The van der Waals surface area contributed by atoms with E-state index in [0.29, 0.717) is 5.41 Å². The second-order valence-corrected chi connectivity index (χ2v) is 4.96. The van der Waals surface area contributed by atoms with Gasteiger partial charge in [0.25, 0.3) is 0 Å². The van der Waals surface area contributed by atoms with E-state index in [0.717, 1.165) is 35.5 Å². The lowest BCUT2D eigenvalue weighted by Gasteiger charge is -3.06. The predicted octanol–water partition coefficient (Wildman–Crippen LogP) is 0.987. The summed E-state index contributed by atoms with van der Waals surface area (Å²) in [5, 5.41) is 0. The summed E-state index contributed by atoms with van der Waals surface area (Å²) < 4.78 is 0. The molecule has 0 aromatic heterocycles. The van der Waals surface area contributed by atoms with E-state index in [1.54, 1.807) is 0 Å². The molecule has 6 aliphatic carbocycles. The average molecular weight is 128 g/mol. The maximum absolute atomic E-state index is 5.57. The topological polar surface area (TPSA) is 0 Å². The maximum atomic E-state index is 5.57. The summed E-state index contributed by atoms with van der Waals surface area (Å²) in [4.78, 5) is 0. The highest BCUT2D eigenvalue weighted by Crippen LogP contribution is 3.05. The van der Waals surface area contributed by atoms with Crippen molar-refractivity contribution >= 4 is 0 Å². The van der Waals surface area contributed by atoms with Gasteiger partial charge in [-0.15, -0.1) is 6.42 Å². The van der Waals surface area contributed by atoms with Crippen LogP contribution in [0.25, 0.3) is 0 Å². The van der Waals surface area contributed by atoms with Crippen LogP contribution in [0.3, 0.4) is 0 Å². The summed E-state index contributed by atoms with van der Waals surface area (Å²) in [7, 11) is 0. The predicted molar refractivity (Wildman–Crippen MR) is 35.7 cm³/mol. The maximum Gasteiger partial charge on any atom is 0.0413 e. The molecule has 0 atom stereocenters. The zero-order valence-electron chi connectivity index (χ0n) is 5.62. The Morgan fingerprint density at radius 2 is 1.40 bits per heavy atom. The molecule has 0 heterocycles. The van der Waals surface area contributed by atoms with Gasteiger partial charge < -0.3 is 0 Å². The minimum Gasteiger partial charge on any atom is -0.119 e. The fourth-order valence-electron chi connectivity index (χ4n) is 5.72. The SMILES string of the molecule is C#CC12C3C4C5C3C1C5C42. The molecule has 0 heteroatoms. The van der Waals surface area contributed by atoms with E-state index in [1.807, 2.05) is 0 Å². The van der Waals surface area contributed by atoms with Crippen molar-refractivity contribution in [1.82, 2.24) is 0 Å². The van der Waals surface area contributed by atoms with Gasteiger partial charge in [-0.2, -0.15) is 0 Å². The number of hydrogen-bond donors (Lipinski definition) is 0. The fraction of sp³-hybridized carbons (Fsp3) is 0.800. The van der Waals surface area contributed by atoms with Gasteiger partial charge in [-0.05, 0) is 41.4 Å². The van der Waals surface area contributed by atoms with Crippen LogP contribution in [0.5, 0.6) is 0 Å². The van der Waals surface area contributed by atoms with Gasteiger partial charge >= 0.3 is 0 Å². The quantitative estimate of drug-likeness (QED) is 0.427. The molecule has 0 saturated heterocycles. The molecule has 0 aromatic carbocycles. The summed E-state index contributed by atoms with van der Waals surface area (Å²) in [5.74, 6) is 11.0. The van der Waals surface area contributed by atoms with Crippen molar-refractivity contribution in [1.29, 1.82) is 0 Å². The minimum absolute atomic E-state index is 0.536. The Balaban J connectivity index is 1.87. The lowest BCUT2D eigenvalue weighted by molar-refractivity contribution is -0.595. The molecule has 0 aliphatic heterocycles. The fourth-order valence-corrected chi connectivity index (χ4v) is 5.72. The van der Waals surface area contributed by atoms with Gasteiger partial charge in [-0.1, -0.05) is 5.92 Å². The largest absolute Gasteiger partial charge is 0.119 e. The monoisotopic (exact) mass is 128 g/mol. The van der Waals surface area contributed by atoms with Gasteiger partial charge in [-0.3, -0.25) is 0 Å². The molecule has 48 valence electrons. The number of hydrogen-bond acceptors (Lipinski definition) is 0. The summed E-state index contributed by atoms with van der Waals surface area (Å²) in [6, 6.07) is 0. The molecule has 0 spiro atoms. The van der Waals surface area contributed by atoms with E-state index in [1.165, 1.54) is 5.92 Å². The van der Waals surface area contributed by atoms with E-state index in [-0.39, 0.29) is 0 Å². The van der Waals surface area contributed by atoms with E-state index in [9.17, 15) is 0 Å². The van der Waals surface area contributed by atoms with Gasteiger partial charge in [0, 0.05) is 5.41 Å². The van der Waals surface area contributed by atoms with Crippen molar-refractivity contribution in [3.8, 4) is 12.3 Å². The van der Waals surface area contributed by atoms with E-state index in [2.05, 4.69) is 5.92 Å². The third kappa shape index (κ3) is 0.102. The van der Waals surface area contributed by atoms with Gasteiger partial charge in [0.15, 0.2) is 0 Å². The third-order valence-corrected chi connectivity index (χ3v) is 5.73. The Labute approximate surface area is 60.0 Å². The Bertz CT molecular complexity index is 269. The molecule has 10 heavy (non-hydrogen) atoms. The first-order chi connectivity index (χ1) is 4.93. The lowest BCUT2D eigenvalue weighted by Crippen LogP contribution is -3.05. The molecule has 0 amide bonds. The smallest absolute Gasteiger partial charge is 0.0413 e. The van der Waals surface area contributed by atoms with Gasteiger partial charge in [0.2, 0.25) is 0 Å². The first-order valence-electron chi connectivity index (χ1n) is 4.40. The Morgan fingerprint density at radius 1 is 0.900 bits per heavy atom. The molecule has 0 nitrogen and oxygen atoms in total. The molecule has 0 N–H and O–H groups in total. The summed E-state index contributed by atoms with van der Waals surface area (Å²) in [5.41, 5.74) is 0.536. The van der Waals surface area contributed by atoms with E-state index in [4.69, 9.17) is 6.42 Å². The van der Waals surface area contributed by atoms with Crippen molar-refractivity contribution < 1.29 is 0 Å². The Hall–Kier alpha value is -0.440. The van der Waals surface area contributed by atoms with Crippen LogP contribution in [0.1, 0.15) is 0 Å². The summed E-state index contributed by atoms with van der Waals surface area (Å²) in [6.45, 7) is 0. The van der Waals surface area contributed by atoms with E-state index >= 15 is 0 Å². The zero-order chi connectivity index (χ0) is 6.25. The molecule has 0 unspecified atom stereocenters. The number of rotatable bonds is 0. The normalized spacial score (nSPS) is 95.3. The second kappa shape index (κ2) is 0.644. The highest BCUT2D eigenvalue weighted by molar-refractivity contribution is 5.55. The van der Waals surface area contributed by atoms with Crippen molar-refractivity contribution in [3.05, 3.63) is 0 Å². The second-order valence-electron chi connectivity index (χ2n) is 4.96. The van der Waals surface area contributed by atoms with Crippen LogP contribution >= 0.6 is 0 Å². The summed E-state index contributed by atoms with van der Waals surface area (Å²) >= 11 is 0. The molecule has 6 aliphatic rings. The minimum atomic E-state index is 0.536. The molecule has 6 saturated carbocycles. The molecule has 0 radical (unpaired) electrons. The molecular weight excluding hydrogens is 120 g/mol. The van der Waals surface area contributed by atoms with Crippen molar-refractivity contribution in [2.75, 3.05) is 0 Å². The lowest BCUT2D eigenvalue weighted by atomic mass is 8.97. The first kappa shape index (κ1) is 3.81. The molecular formula is C10H8. The van der Waals surface area contributed by atoms with Crippen LogP contribution in [0, 0.1) is 59.2 Å². The van der Waals surface area contributed by atoms with E-state index < -0.39 is 0 Å². The van der Waals surface area contributed by atoms with Gasteiger partial charge in [0.1, 0.15) is 0 Å². The molecule has 6 rings (SSSR count). The van der Waals surface area contributed by atoms with Crippen molar-refractivity contribution in [2.24, 2.45) is 46.8 Å². The van der Waals surface area contributed by atoms with Crippen LogP contribution < -0.4 is 0 Å². The third-order valence-electron chi connectivity index (χ3n) is 5.73.